The van der Waals surface area contributed by atoms with Crippen molar-refractivity contribution in [2.75, 3.05) is 20.2 Å². The Hall–Kier alpha value is -4.86. The van der Waals surface area contributed by atoms with Gasteiger partial charge in [-0.05, 0) is 146 Å². The fraction of sp³-hybridized carbons (Fsp3) is 0.738. The lowest BCUT2D eigenvalue weighted by molar-refractivity contribution is -0.156. The summed E-state index contributed by atoms with van der Waals surface area (Å²) >= 11 is 3.10. The zero-order valence-electron chi connectivity index (χ0n) is 53.0. The highest BCUT2D eigenvalue weighted by Gasteiger charge is 2.53. The highest BCUT2D eigenvalue weighted by Crippen LogP contribution is 2.45. The molecule has 22 heteroatoms. The van der Waals surface area contributed by atoms with Crippen molar-refractivity contribution >= 4 is 58.3 Å². The van der Waals surface area contributed by atoms with Gasteiger partial charge in [-0.2, -0.15) is 0 Å². The van der Waals surface area contributed by atoms with Crippen molar-refractivity contribution in [2.45, 2.75) is 234 Å². The highest BCUT2D eigenvalue weighted by molar-refractivity contribution is 7.09. The zero-order chi connectivity index (χ0) is 63.8. The van der Waals surface area contributed by atoms with Crippen LogP contribution in [0, 0.1) is 48.3 Å². The molecule has 0 aromatic carbocycles. The molecule has 464 valence electrons. The van der Waals surface area contributed by atoms with E-state index in [2.05, 4.69) is 43.0 Å². The SMILES string of the molecule is C/C(=C\c1csc(C)n1)[C@@H]1C[C@@H]2OC2(C)CCC[C@H](C)[C@H](O)[C@@H](CCCCN=[N+]=[N-])C(=O)C(C)(C)[C@@H](O)CC(=O)O1.C/C1=C/C[C@@H](/C(C)=C/c2csc(C)n2)OC(=O)C[C@H](O)C(C)(C)C(=O)[C@H](CCCCN=[N+]=[N-])[C@@H](O)[C@@H](C)CCC1.[2H]C([2H])O. The second-order valence-corrected chi connectivity index (χ2v) is 26.3. The number of carbonyl (C=O) groups is 4. The molecule has 0 radical (unpaired) electrons. The number of cyclic esters (lactones) is 2. The van der Waals surface area contributed by atoms with Crippen molar-refractivity contribution in [3.05, 3.63) is 75.8 Å². The molecule has 20 nitrogen and oxygen atoms in total. The summed E-state index contributed by atoms with van der Waals surface area (Å²) < 4.78 is 29.5. The first kappa shape index (κ1) is 68.9. The number of epoxide rings is 1. The Bertz CT molecular complexity index is 2670. The molecule has 2 saturated heterocycles. The predicted molar refractivity (Wildman–Crippen MR) is 325 cm³/mol. The molecule has 2 fully saturated rings. The number of ketones is 2. The lowest BCUT2D eigenvalue weighted by Crippen LogP contribution is -2.46. The molecule has 0 aliphatic carbocycles. The molecular formula is C61H96N8O12S2. The van der Waals surface area contributed by atoms with E-state index in [0.29, 0.717) is 64.5 Å². The number of allylic oxidation sites excluding steroid dienone is 1. The third-order valence-corrected chi connectivity index (χ3v) is 18.4. The quantitative estimate of drug-likeness (QED) is 0.0223. The molecule has 5 heterocycles. The van der Waals surface area contributed by atoms with Crippen molar-refractivity contribution in [1.82, 2.24) is 9.97 Å². The van der Waals surface area contributed by atoms with Crippen LogP contribution in [-0.4, -0.2) is 127 Å². The maximum Gasteiger partial charge on any atom is 0.309 e. The van der Waals surface area contributed by atoms with Crippen LogP contribution in [0.15, 0.2) is 43.8 Å². The van der Waals surface area contributed by atoms with E-state index in [1.807, 2.05) is 71.4 Å². The van der Waals surface area contributed by atoms with Gasteiger partial charge < -0.3 is 39.7 Å². The van der Waals surface area contributed by atoms with Gasteiger partial charge in [0.25, 0.3) is 0 Å². The number of aliphatic hydroxyl groups excluding tert-OH is 5. The minimum absolute atomic E-state index is 0.0827. The Morgan fingerprint density at radius 3 is 1.60 bits per heavy atom. The minimum Gasteiger partial charge on any atom is -0.458 e. The van der Waals surface area contributed by atoms with Crippen molar-refractivity contribution in [1.29, 1.82) is 0 Å². The van der Waals surface area contributed by atoms with Gasteiger partial charge in [-0.25, -0.2) is 9.97 Å². The Balaban J connectivity index is 0.000000419. The van der Waals surface area contributed by atoms with Crippen LogP contribution >= 0.6 is 22.7 Å². The molecule has 3 aliphatic rings. The van der Waals surface area contributed by atoms with Crippen LogP contribution in [0.1, 0.15) is 196 Å². The van der Waals surface area contributed by atoms with E-state index in [1.165, 1.54) is 5.57 Å². The first-order valence-electron chi connectivity index (χ1n) is 30.3. The number of Topliss-reactive ketones (excluding diaryl/α,β-unsaturated/α-hetero) is 2. The van der Waals surface area contributed by atoms with Crippen LogP contribution in [0.3, 0.4) is 0 Å². The Morgan fingerprint density at radius 1 is 0.735 bits per heavy atom. The average Bonchev–Trinajstić information content (AvgIpc) is 2.14. The van der Waals surface area contributed by atoms with E-state index in [9.17, 15) is 39.6 Å². The Kier molecular flexibility index (Phi) is 29.0. The van der Waals surface area contributed by atoms with Crippen LogP contribution in [0.5, 0.6) is 0 Å². The maximum atomic E-state index is 13.9. The largest absolute Gasteiger partial charge is 0.458 e. The maximum absolute atomic E-state index is 13.9. The number of thiazole rings is 2. The highest BCUT2D eigenvalue weighted by atomic mass is 32.1. The minimum atomic E-state index is -1.67. The fourth-order valence-corrected chi connectivity index (χ4v) is 12.0. The van der Waals surface area contributed by atoms with E-state index in [-0.39, 0.29) is 47.9 Å². The molecule has 2 aromatic heterocycles. The number of azide groups is 2. The van der Waals surface area contributed by atoms with Gasteiger partial charge in [0.05, 0.1) is 83.9 Å². The summed E-state index contributed by atoms with van der Waals surface area (Å²) in [5.74, 6) is -3.42. The van der Waals surface area contributed by atoms with E-state index in [4.69, 9.17) is 33.1 Å². The molecule has 1 unspecified atom stereocenters. The molecule has 3 aliphatic heterocycles. The van der Waals surface area contributed by atoms with E-state index < -0.39 is 78.3 Å². The number of hydrogen-bond acceptors (Lipinski definition) is 18. The predicted octanol–water partition coefficient (Wildman–Crippen LogP) is 12.3. The van der Waals surface area contributed by atoms with Crippen molar-refractivity contribution in [2.24, 2.45) is 44.7 Å². The van der Waals surface area contributed by atoms with Crippen LogP contribution in [-0.2, 0) is 33.4 Å². The summed E-state index contributed by atoms with van der Waals surface area (Å²) in [7, 11) is -1.67. The molecule has 12 atom stereocenters. The number of unbranched alkanes of at least 4 members (excludes halogenated alkanes) is 2. The van der Waals surface area contributed by atoms with E-state index in [0.717, 1.165) is 71.1 Å². The number of aryl methyl sites for hydroxylation is 2. The monoisotopic (exact) mass is 1200 g/mol. The molecule has 2 aromatic rings. The summed E-state index contributed by atoms with van der Waals surface area (Å²) in [6, 6.07) is 0. The van der Waals surface area contributed by atoms with Gasteiger partial charge in [0.1, 0.15) is 23.8 Å². The number of aromatic nitrogens is 2. The van der Waals surface area contributed by atoms with Crippen LogP contribution in [0.2, 0.25) is 0 Å². The summed E-state index contributed by atoms with van der Waals surface area (Å²) in [4.78, 5) is 68.4. The molecule has 5 rings (SSSR count). The smallest absolute Gasteiger partial charge is 0.309 e. The molecule has 0 bridgehead atoms. The van der Waals surface area contributed by atoms with Crippen LogP contribution < -0.4 is 0 Å². The Labute approximate surface area is 502 Å². The number of nitrogens with zero attached hydrogens (tertiary/aromatic N) is 8. The topological polar surface area (TPSA) is 324 Å². The normalized spacial score (nSPS) is 30.8. The van der Waals surface area contributed by atoms with Gasteiger partial charge in [-0.15, -0.1) is 22.7 Å². The first-order valence-corrected chi connectivity index (χ1v) is 30.9. The molecule has 0 saturated carbocycles. The first-order chi connectivity index (χ1) is 39.9. The van der Waals surface area contributed by atoms with Crippen molar-refractivity contribution in [3.63, 3.8) is 0 Å². The fourth-order valence-electron chi connectivity index (χ4n) is 10.8. The number of rotatable bonds is 14. The molecule has 5 N–H and O–H groups in total. The summed E-state index contributed by atoms with van der Waals surface area (Å²) in [5.41, 5.74) is 18.6. The molecule has 0 spiro atoms. The number of hydrogen-bond donors (Lipinski definition) is 5. The van der Waals surface area contributed by atoms with Gasteiger partial charge in [-0.1, -0.05) is 82.7 Å². The second kappa shape index (κ2) is 34.9. The number of carbonyl (C=O) groups excluding carboxylic acids is 4. The summed E-state index contributed by atoms with van der Waals surface area (Å²) in [6.07, 6.45) is 8.65. The summed E-state index contributed by atoms with van der Waals surface area (Å²) in [5, 5.41) is 65.2. The second-order valence-electron chi connectivity index (χ2n) is 24.2. The van der Waals surface area contributed by atoms with Crippen molar-refractivity contribution < 1.29 is 61.7 Å². The van der Waals surface area contributed by atoms with Gasteiger partial charge in [0.15, 0.2) is 0 Å². The average molecular weight is 1200 g/mol. The number of ether oxygens (including phenoxy) is 3. The van der Waals surface area contributed by atoms with E-state index in [1.54, 1.807) is 50.4 Å². The lowest BCUT2D eigenvalue weighted by Gasteiger charge is -2.36. The standard InChI is InChI=1S/C30H46N4O6S.C30H46N4O5S.CH4O/c1-18-10-9-12-30(6)25(40-30)15-23(19(2)14-21-17-41-20(3)33-21)39-26(36)16-24(35)29(4,5)28(38)22(27(18)37)11-7-8-13-32-34-31;1-19-10-9-11-20(2)28(37)24(12-7-8-15-32-34-31)29(38)30(5,6)26(35)17-27(36)39-25(14-13-19)21(3)16-23-18-40-22(4)33-23;1-2/h14,17-18,22-25,27,35,37H,7-13,15-16H2,1-6H3;13,16,18,20,24-26,28,35,37H,7-12,14-15,17H2,1-6H3;2H,1H3/b19-14+;19-13-,21-16+;/t18-,22+,23-,24-,25-,27-,30?;20-,24+,25-,26-,28-;/m00./s1/i;;1D2. The van der Waals surface area contributed by atoms with E-state index >= 15 is 0 Å². The lowest BCUT2D eigenvalue weighted by atomic mass is 9.71. The van der Waals surface area contributed by atoms with Gasteiger partial charge in [0.2, 0.25) is 0 Å². The third kappa shape index (κ3) is 22.8. The Morgan fingerprint density at radius 2 is 1.17 bits per heavy atom. The molecule has 83 heavy (non-hydrogen) atoms. The van der Waals surface area contributed by atoms with Crippen LogP contribution in [0.25, 0.3) is 33.0 Å². The number of aliphatic hydroxyl groups is 5. The van der Waals surface area contributed by atoms with Gasteiger partial charge in [-0.3, -0.25) is 19.2 Å². The molecular weight excluding hydrogens is 1100 g/mol. The van der Waals surface area contributed by atoms with Gasteiger partial charge in [0, 0.05) is 65.4 Å². The molecule has 0 amide bonds. The van der Waals surface area contributed by atoms with Crippen molar-refractivity contribution in [3.8, 4) is 0 Å². The van der Waals surface area contributed by atoms with Gasteiger partial charge >= 0.3 is 11.9 Å². The third-order valence-electron chi connectivity index (χ3n) is 16.8. The number of esters is 2. The number of fused-ring (bicyclic) bond motifs is 1. The van der Waals surface area contributed by atoms with Crippen LogP contribution in [0.4, 0.5) is 0 Å². The zero-order valence-corrected chi connectivity index (χ0v) is 52.7. The summed E-state index contributed by atoms with van der Waals surface area (Å²) in [6.45, 7) is 22.8.